The second kappa shape index (κ2) is 18.5. The highest BCUT2D eigenvalue weighted by Crippen LogP contribution is 2.46. The lowest BCUT2D eigenvalue weighted by molar-refractivity contribution is -0.189. The molecule has 0 aromatic carbocycles. The largest absolute Gasteiger partial charge is 0.800 e. The average molecular weight is 606 g/mol. The van der Waals surface area contributed by atoms with Crippen LogP contribution in [0.5, 0.6) is 0 Å². The van der Waals surface area contributed by atoms with Crippen LogP contribution in [0.15, 0.2) is 0 Å². The van der Waals surface area contributed by atoms with E-state index in [1.807, 2.05) is 0 Å². The van der Waals surface area contributed by atoms with Gasteiger partial charge in [0.1, 0.15) is 0 Å². The Morgan fingerprint density at radius 1 is 0.854 bits per heavy atom. The quantitative estimate of drug-likeness (QED) is 0.143. The maximum atomic E-state index is 13.6. The van der Waals surface area contributed by atoms with Crippen molar-refractivity contribution >= 4 is 41.9 Å². The number of hydrogen-bond donors (Lipinski definition) is 4. The molecule has 0 radical (unpaired) electrons. The van der Waals surface area contributed by atoms with Gasteiger partial charge in [-0.15, -0.1) is 19.3 Å². The Morgan fingerprint density at radius 3 is 1.59 bits per heavy atom. The summed E-state index contributed by atoms with van der Waals surface area (Å²) in [7, 11) is 0. The third-order valence-corrected chi connectivity index (χ3v) is 10.4. The Bertz CT molecular complexity index is 999. The van der Waals surface area contributed by atoms with Crippen LogP contribution in [0.3, 0.4) is 0 Å². The lowest BCUT2D eigenvalue weighted by atomic mass is 9.81. The number of carbonyl (C=O) groups excluding carboxylic acids is 4. The fraction of sp³-hybridized carbons (Fsp3) is 0.655. The summed E-state index contributed by atoms with van der Waals surface area (Å²) in [5.74, 6) is 5.47. The van der Waals surface area contributed by atoms with Gasteiger partial charge in [0.05, 0.1) is 25.7 Å². The van der Waals surface area contributed by atoms with Gasteiger partial charge in [0.2, 0.25) is 23.6 Å². The van der Waals surface area contributed by atoms with E-state index in [1.165, 1.54) is 0 Å². The average Bonchev–Trinajstić information content (AvgIpc) is 2.94. The van der Waals surface area contributed by atoms with E-state index < -0.39 is 12.0 Å². The first-order chi connectivity index (χ1) is 19.4. The number of hydrogen-bond acceptors (Lipinski definition) is 7. The van der Waals surface area contributed by atoms with Crippen molar-refractivity contribution in [2.75, 3.05) is 19.6 Å². The lowest BCUT2D eigenvalue weighted by Gasteiger charge is -2.40. The molecule has 1 rings (SSSR count). The van der Waals surface area contributed by atoms with Gasteiger partial charge in [-0.05, 0) is 57.1 Å². The molecule has 1 aliphatic carbocycles. The molecule has 0 bridgehead atoms. The highest BCUT2D eigenvalue weighted by atomic mass is 32.5. The minimum Gasteiger partial charge on any atom is -0.800 e. The van der Waals surface area contributed by atoms with Gasteiger partial charge in [0.25, 0.3) is 0 Å². The van der Waals surface area contributed by atoms with Gasteiger partial charge in [-0.25, -0.2) is 0 Å². The van der Waals surface area contributed by atoms with E-state index in [0.29, 0.717) is 25.7 Å². The fourth-order valence-electron chi connectivity index (χ4n) is 4.46. The summed E-state index contributed by atoms with van der Waals surface area (Å²) >= 11 is 5.15. The molecule has 4 N–H and O–H groups in total. The zero-order valence-corrected chi connectivity index (χ0v) is 25.7. The van der Waals surface area contributed by atoms with E-state index in [0.717, 1.165) is 0 Å². The van der Waals surface area contributed by atoms with Gasteiger partial charge >= 0.3 is 0 Å². The molecule has 0 spiro atoms. The van der Waals surface area contributed by atoms with E-state index in [1.54, 1.807) is 13.8 Å². The van der Waals surface area contributed by atoms with Crippen molar-refractivity contribution in [2.45, 2.75) is 95.4 Å². The summed E-state index contributed by atoms with van der Waals surface area (Å²) in [4.78, 5) is 63.4. The molecule has 10 nitrogen and oxygen atoms in total. The topological polar surface area (TPSA) is 149 Å². The predicted octanol–water partition coefficient (Wildman–Crippen LogP) is 1.08. The summed E-state index contributed by atoms with van der Waals surface area (Å²) in [6, 6.07) is 0. The number of nitrogens with one attached hydrogen (secondary N) is 4. The van der Waals surface area contributed by atoms with Crippen molar-refractivity contribution < 1.29 is 28.6 Å². The molecule has 12 heteroatoms. The monoisotopic (exact) mass is 605 g/mol. The number of terminal acetylenes is 3. The van der Waals surface area contributed by atoms with E-state index in [-0.39, 0.29) is 99.5 Å². The zero-order chi connectivity index (χ0) is 30.9. The molecule has 4 amide bonds. The van der Waals surface area contributed by atoms with Crippen LogP contribution in [0.25, 0.3) is 0 Å². The molecule has 41 heavy (non-hydrogen) atoms. The second-order valence-electron chi connectivity index (χ2n) is 10.4. The molecule has 1 fully saturated rings. The van der Waals surface area contributed by atoms with Crippen LogP contribution in [0.2, 0.25) is 0 Å². The molecule has 0 aromatic rings. The maximum absolute atomic E-state index is 13.6. The Hall–Kier alpha value is -2.87. The van der Waals surface area contributed by atoms with Crippen LogP contribution in [0.4, 0.5) is 0 Å². The summed E-state index contributed by atoms with van der Waals surface area (Å²) in [5.41, 5.74) is -1.32. The van der Waals surface area contributed by atoms with E-state index in [9.17, 15) is 24.1 Å². The normalized spacial score (nSPS) is 18.1. The fourth-order valence-corrected chi connectivity index (χ4v) is 5.69. The Morgan fingerprint density at radius 2 is 1.24 bits per heavy atom. The van der Waals surface area contributed by atoms with Crippen molar-refractivity contribution in [3.05, 3.63) is 0 Å². The van der Waals surface area contributed by atoms with Crippen LogP contribution in [-0.4, -0.2) is 60.6 Å². The molecule has 0 heterocycles. The second-order valence-corrected chi connectivity index (χ2v) is 14.3. The predicted molar refractivity (Wildman–Crippen MR) is 160 cm³/mol. The van der Waals surface area contributed by atoms with Crippen LogP contribution < -0.4 is 26.2 Å². The van der Waals surface area contributed by atoms with Crippen molar-refractivity contribution in [1.82, 2.24) is 21.3 Å². The first-order valence-corrected chi connectivity index (χ1v) is 16.5. The highest BCUT2D eigenvalue weighted by Gasteiger charge is 2.37. The third kappa shape index (κ3) is 14.0. The molecule has 0 aromatic heterocycles. The first-order valence-electron chi connectivity index (χ1n) is 13.8. The molecule has 1 unspecified atom stereocenters. The summed E-state index contributed by atoms with van der Waals surface area (Å²) < 4.78 is 5.72. The minimum absolute atomic E-state index is 0.0177. The Kier molecular flexibility index (Phi) is 16.3. The zero-order valence-electron chi connectivity index (χ0n) is 24.0. The number of carbonyl (C=O) groups is 4. The van der Waals surface area contributed by atoms with Gasteiger partial charge in [0.15, 0.2) is 0 Å². The molecule has 0 saturated heterocycles. The third-order valence-electron chi connectivity index (χ3n) is 7.02. The van der Waals surface area contributed by atoms with Crippen LogP contribution >= 0.6 is 6.49 Å². The highest BCUT2D eigenvalue weighted by molar-refractivity contribution is 8.09. The van der Waals surface area contributed by atoms with Crippen LogP contribution in [-0.2, 0) is 35.5 Å². The number of rotatable bonds is 17. The summed E-state index contributed by atoms with van der Waals surface area (Å²) in [6.45, 7) is 0.536. The van der Waals surface area contributed by atoms with Gasteiger partial charge < -0.3 is 30.7 Å². The van der Waals surface area contributed by atoms with Crippen molar-refractivity contribution in [1.29, 1.82) is 0 Å². The molecular weight excluding hydrogens is 563 g/mol. The van der Waals surface area contributed by atoms with Crippen molar-refractivity contribution in [3.8, 4) is 37.0 Å². The minimum atomic E-state index is -3.16. The standard InChI is InChI=1S/C29H43N4O6PS/c1-6-19-30-25(34)13-16-29(17-14-26(35)31-20-7-2,18-15-27(36)32-21-8-3)33-28(37)23-9-11-24(12-10-23)39-40(38,41)22(4)5/h1-3,22-24H,9-21H2,4-5H3,(H,30,34)(H,31,35)(H,32,36)(H,33,37)(H,38,41)/p-1. The lowest BCUT2D eigenvalue weighted by Crippen LogP contribution is -2.52. The summed E-state index contributed by atoms with van der Waals surface area (Å²) in [5, 5.41) is 10.9. The molecule has 1 atom stereocenters. The molecular formula is C29H42N4O6PS-. The SMILES string of the molecule is C#CCNC(=O)CCC(CCC(=O)NCC#C)(CCC(=O)NCC#C)NC(=O)C1CCC(OP([O-])(=S)C(C)C)CC1. The Balaban J connectivity index is 3.09. The molecule has 1 aliphatic rings. The van der Waals surface area contributed by atoms with Gasteiger partial charge in [0, 0.05) is 30.7 Å². The maximum Gasteiger partial charge on any atom is 0.223 e. The Labute approximate surface area is 249 Å². The van der Waals surface area contributed by atoms with Gasteiger partial charge in [-0.2, -0.15) is 0 Å². The summed E-state index contributed by atoms with van der Waals surface area (Å²) in [6.07, 6.45) is 18.0. The number of amides is 4. The van der Waals surface area contributed by atoms with E-state index >= 15 is 0 Å². The van der Waals surface area contributed by atoms with E-state index in [4.69, 9.17) is 35.6 Å². The van der Waals surface area contributed by atoms with Crippen molar-refractivity contribution in [2.24, 2.45) is 5.92 Å². The first kappa shape index (κ1) is 36.2. The molecule has 1 saturated carbocycles. The van der Waals surface area contributed by atoms with Gasteiger partial charge in [-0.1, -0.05) is 43.4 Å². The van der Waals surface area contributed by atoms with Gasteiger partial charge in [-0.3, -0.25) is 19.2 Å². The van der Waals surface area contributed by atoms with Crippen LogP contribution in [0.1, 0.15) is 78.1 Å². The van der Waals surface area contributed by atoms with Crippen molar-refractivity contribution in [3.63, 3.8) is 0 Å². The molecule has 0 aliphatic heterocycles. The molecule has 226 valence electrons. The van der Waals surface area contributed by atoms with E-state index in [2.05, 4.69) is 39.0 Å². The van der Waals surface area contributed by atoms with Crippen LogP contribution in [0, 0.1) is 42.9 Å². The smallest absolute Gasteiger partial charge is 0.223 e.